The van der Waals surface area contributed by atoms with Crippen LogP contribution in [0, 0.1) is 3.57 Å². The Morgan fingerprint density at radius 2 is 1.88 bits per heavy atom. The van der Waals surface area contributed by atoms with Gasteiger partial charge in [-0.25, -0.2) is 0 Å². The summed E-state index contributed by atoms with van der Waals surface area (Å²) < 4.78 is 7.26. The first-order valence-electron chi connectivity index (χ1n) is 5.61. The summed E-state index contributed by atoms with van der Waals surface area (Å²) in [6.45, 7) is 10.9. The minimum absolute atomic E-state index is 0.133. The molecule has 1 rings (SSSR count). The minimum Gasteiger partial charge on any atom is -0.543 e. The van der Waals surface area contributed by atoms with Gasteiger partial charge in [-0.15, -0.1) is 0 Å². The van der Waals surface area contributed by atoms with Crippen molar-refractivity contribution in [3.05, 3.63) is 27.3 Å². The van der Waals surface area contributed by atoms with E-state index in [1.54, 1.807) is 0 Å². The van der Waals surface area contributed by atoms with Crippen molar-refractivity contribution in [2.75, 3.05) is 0 Å². The molecule has 1 aromatic rings. The average Bonchev–Trinajstić information content (AvgIpc) is 2.15. The van der Waals surface area contributed by atoms with Gasteiger partial charge in [0.2, 0.25) is 0 Å². The zero-order valence-corrected chi connectivity index (χ0v) is 14.2. The van der Waals surface area contributed by atoms with Crippen LogP contribution in [-0.4, -0.2) is 14.6 Å². The van der Waals surface area contributed by atoms with Gasteiger partial charge in [0.15, 0.2) is 6.29 Å². The summed E-state index contributed by atoms with van der Waals surface area (Å²) in [4.78, 5) is 11.0. The van der Waals surface area contributed by atoms with E-state index in [-0.39, 0.29) is 5.04 Å². The van der Waals surface area contributed by atoms with Crippen LogP contribution < -0.4 is 4.43 Å². The second-order valence-corrected chi connectivity index (χ2v) is 11.6. The Labute approximate surface area is 118 Å². The second kappa shape index (κ2) is 5.10. The summed E-state index contributed by atoms with van der Waals surface area (Å²) in [6, 6.07) is 5.67. The molecule has 2 nitrogen and oxygen atoms in total. The summed E-state index contributed by atoms with van der Waals surface area (Å²) in [5, 5.41) is 0.133. The molecule has 94 valence electrons. The van der Waals surface area contributed by atoms with Crippen LogP contribution in [0.25, 0.3) is 0 Å². The summed E-state index contributed by atoms with van der Waals surface area (Å²) >= 11 is 2.23. The number of carbonyl (C=O) groups is 1. The van der Waals surface area contributed by atoms with Crippen molar-refractivity contribution < 1.29 is 9.22 Å². The number of rotatable bonds is 3. The van der Waals surface area contributed by atoms with Gasteiger partial charge in [-0.3, -0.25) is 4.79 Å². The average molecular weight is 362 g/mol. The van der Waals surface area contributed by atoms with Crippen LogP contribution in [0.3, 0.4) is 0 Å². The molecule has 0 aliphatic carbocycles. The molecule has 0 N–H and O–H groups in total. The second-order valence-electron chi connectivity index (χ2n) is 5.66. The summed E-state index contributed by atoms with van der Waals surface area (Å²) in [6.07, 6.45) is 0.860. The SMILES string of the molecule is CC(C)(C)[Si](C)(C)Oc1cc(I)ccc1C=O. The van der Waals surface area contributed by atoms with E-state index in [1.807, 2.05) is 18.2 Å². The fourth-order valence-corrected chi connectivity index (χ4v) is 2.62. The molecule has 0 spiro atoms. The predicted molar refractivity (Wildman–Crippen MR) is 82.4 cm³/mol. The molecular formula is C13H19IO2Si. The van der Waals surface area contributed by atoms with E-state index in [1.165, 1.54) is 0 Å². The Morgan fingerprint density at radius 3 is 2.35 bits per heavy atom. The maximum absolute atomic E-state index is 11.0. The lowest BCUT2D eigenvalue weighted by Crippen LogP contribution is -2.44. The summed E-state index contributed by atoms with van der Waals surface area (Å²) in [5.41, 5.74) is 0.634. The van der Waals surface area contributed by atoms with Crippen molar-refractivity contribution in [2.24, 2.45) is 0 Å². The minimum atomic E-state index is -1.88. The topological polar surface area (TPSA) is 26.3 Å². The lowest BCUT2D eigenvalue weighted by molar-refractivity contribution is 0.112. The van der Waals surface area contributed by atoms with Crippen LogP contribution in [0.4, 0.5) is 0 Å². The highest BCUT2D eigenvalue weighted by atomic mass is 127. The van der Waals surface area contributed by atoms with Crippen molar-refractivity contribution in [3.63, 3.8) is 0 Å². The van der Waals surface area contributed by atoms with Crippen LogP contribution in [0.15, 0.2) is 18.2 Å². The molecule has 0 atom stereocenters. The van der Waals surface area contributed by atoms with Crippen LogP contribution in [-0.2, 0) is 0 Å². The quantitative estimate of drug-likeness (QED) is 0.450. The smallest absolute Gasteiger partial charge is 0.250 e. The molecule has 0 unspecified atom stereocenters. The molecule has 4 heteroatoms. The van der Waals surface area contributed by atoms with Gasteiger partial charge in [0.25, 0.3) is 8.32 Å². The largest absolute Gasteiger partial charge is 0.543 e. The Hall–Kier alpha value is -0.363. The van der Waals surface area contributed by atoms with E-state index < -0.39 is 8.32 Å². The van der Waals surface area contributed by atoms with Gasteiger partial charge in [0.05, 0.1) is 5.56 Å². The first-order chi connectivity index (χ1) is 7.67. The lowest BCUT2D eigenvalue weighted by Gasteiger charge is -2.36. The number of hydrogen-bond donors (Lipinski definition) is 0. The molecule has 0 amide bonds. The van der Waals surface area contributed by atoms with Crippen molar-refractivity contribution in [1.29, 1.82) is 0 Å². The molecule has 0 heterocycles. The zero-order valence-electron chi connectivity index (χ0n) is 11.0. The van der Waals surface area contributed by atoms with E-state index in [4.69, 9.17) is 4.43 Å². The van der Waals surface area contributed by atoms with E-state index >= 15 is 0 Å². The Morgan fingerprint density at radius 1 is 1.29 bits per heavy atom. The third-order valence-corrected chi connectivity index (χ3v) is 8.29. The van der Waals surface area contributed by atoms with Gasteiger partial charge < -0.3 is 4.43 Å². The molecule has 0 aliphatic rings. The van der Waals surface area contributed by atoms with Gasteiger partial charge in [0.1, 0.15) is 5.75 Å². The summed E-state index contributed by atoms with van der Waals surface area (Å²) in [7, 11) is -1.88. The standard InChI is InChI=1S/C13H19IO2Si/c1-13(2,3)17(4,5)16-12-8-11(14)7-6-10(12)9-15/h6-9H,1-5H3. The van der Waals surface area contributed by atoms with Crippen LogP contribution in [0.5, 0.6) is 5.75 Å². The number of aldehydes is 1. The normalized spacial score (nSPS) is 12.4. The Balaban J connectivity index is 3.10. The maximum Gasteiger partial charge on any atom is 0.250 e. The van der Waals surface area contributed by atoms with Crippen molar-refractivity contribution in [3.8, 4) is 5.75 Å². The van der Waals surface area contributed by atoms with Crippen molar-refractivity contribution in [2.45, 2.75) is 38.9 Å². The fraction of sp³-hybridized carbons (Fsp3) is 0.462. The van der Waals surface area contributed by atoms with Gasteiger partial charge in [-0.1, -0.05) is 20.8 Å². The van der Waals surface area contributed by atoms with Crippen LogP contribution in [0.1, 0.15) is 31.1 Å². The third-order valence-electron chi connectivity index (χ3n) is 3.27. The highest BCUT2D eigenvalue weighted by Crippen LogP contribution is 2.38. The van der Waals surface area contributed by atoms with Crippen LogP contribution in [0.2, 0.25) is 18.1 Å². The molecule has 0 saturated carbocycles. The lowest BCUT2D eigenvalue weighted by atomic mass is 10.2. The predicted octanol–water partition coefficient (Wildman–Crippen LogP) is 4.49. The number of benzene rings is 1. The molecule has 0 aromatic heterocycles. The zero-order chi connectivity index (χ0) is 13.3. The molecule has 0 fully saturated rings. The van der Waals surface area contributed by atoms with E-state index in [0.29, 0.717) is 5.56 Å². The van der Waals surface area contributed by atoms with Gasteiger partial charge in [-0.2, -0.15) is 0 Å². The molecule has 0 saturated heterocycles. The first kappa shape index (κ1) is 14.7. The van der Waals surface area contributed by atoms with E-state index in [2.05, 4.69) is 56.5 Å². The molecule has 0 radical (unpaired) electrons. The van der Waals surface area contributed by atoms with Crippen molar-refractivity contribution in [1.82, 2.24) is 0 Å². The number of hydrogen-bond acceptors (Lipinski definition) is 2. The monoisotopic (exact) mass is 362 g/mol. The highest BCUT2D eigenvalue weighted by molar-refractivity contribution is 14.1. The van der Waals surface area contributed by atoms with E-state index in [0.717, 1.165) is 15.6 Å². The van der Waals surface area contributed by atoms with Crippen molar-refractivity contribution >= 4 is 37.2 Å². The van der Waals surface area contributed by atoms with E-state index in [9.17, 15) is 4.79 Å². The van der Waals surface area contributed by atoms with Gasteiger partial charge in [0, 0.05) is 3.57 Å². The maximum atomic E-state index is 11.0. The number of carbonyl (C=O) groups excluding carboxylic acids is 1. The third kappa shape index (κ3) is 3.55. The fourth-order valence-electron chi connectivity index (χ4n) is 1.12. The van der Waals surface area contributed by atoms with Gasteiger partial charge in [-0.05, 0) is 58.9 Å². The Bertz CT molecular complexity index is 422. The molecule has 0 bridgehead atoms. The first-order valence-corrected chi connectivity index (χ1v) is 9.60. The highest BCUT2D eigenvalue weighted by Gasteiger charge is 2.39. The Kier molecular flexibility index (Phi) is 4.41. The van der Waals surface area contributed by atoms with Crippen LogP contribution >= 0.6 is 22.6 Å². The molecule has 0 aliphatic heterocycles. The molecule has 17 heavy (non-hydrogen) atoms. The molecular weight excluding hydrogens is 343 g/mol. The number of halogens is 1. The summed E-state index contributed by atoms with van der Waals surface area (Å²) in [5.74, 6) is 0.721. The van der Waals surface area contributed by atoms with Gasteiger partial charge >= 0.3 is 0 Å². The molecule has 1 aromatic carbocycles.